The van der Waals surface area contributed by atoms with Crippen LogP contribution >= 0.6 is 15.9 Å². The van der Waals surface area contributed by atoms with Gasteiger partial charge in [-0.3, -0.25) is 0 Å². The highest BCUT2D eigenvalue weighted by molar-refractivity contribution is 9.10. The van der Waals surface area contributed by atoms with Crippen LogP contribution in [-0.4, -0.2) is 17.7 Å². The number of hydrogen-bond donors (Lipinski definition) is 1. The van der Waals surface area contributed by atoms with Crippen LogP contribution in [0.4, 0.5) is 8.78 Å². The fourth-order valence-corrected chi connectivity index (χ4v) is 1.70. The zero-order chi connectivity index (χ0) is 13.9. The van der Waals surface area contributed by atoms with Crippen LogP contribution in [0, 0.1) is 5.92 Å². The third kappa shape index (κ3) is 3.41. The minimum atomic E-state index is -3.09. The normalized spacial score (nSPS) is 11.7. The van der Waals surface area contributed by atoms with E-state index in [0.29, 0.717) is 4.47 Å². The fourth-order valence-electron chi connectivity index (χ4n) is 1.34. The molecule has 0 saturated heterocycles. The highest BCUT2D eigenvalue weighted by Gasteiger charge is 2.38. The summed E-state index contributed by atoms with van der Waals surface area (Å²) in [6, 6.07) is 4.10. The molecule has 0 aliphatic carbocycles. The summed E-state index contributed by atoms with van der Waals surface area (Å²) in [4.78, 5) is 10.4. The average Bonchev–Trinajstić information content (AvgIpc) is 2.26. The van der Waals surface area contributed by atoms with Gasteiger partial charge in [0, 0.05) is 10.4 Å². The van der Waals surface area contributed by atoms with Gasteiger partial charge in [-0.05, 0) is 18.2 Å². The standard InChI is InChI=1S/C12H13BrF2O3/c1-7(2)12(14,15)9-5-8(13)3-4-10(9)18-6-11(16)17/h3-5,7H,6H2,1-2H3,(H,16,17). The lowest BCUT2D eigenvalue weighted by Crippen LogP contribution is -2.23. The van der Waals surface area contributed by atoms with Gasteiger partial charge in [0.25, 0.3) is 5.92 Å². The van der Waals surface area contributed by atoms with Gasteiger partial charge in [0.15, 0.2) is 6.61 Å². The first-order valence-electron chi connectivity index (χ1n) is 5.27. The molecule has 1 aromatic rings. The van der Waals surface area contributed by atoms with Gasteiger partial charge in [0.2, 0.25) is 0 Å². The van der Waals surface area contributed by atoms with Gasteiger partial charge in [-0.15, -0.1) is 0 Å². The lowest BCUT2D eigenvalue weighted by Gasteiger charge is -2.23. The molecule has 18 heavy (non-hydrogen) atoms. The van der Waals surface area contributed by atoms with Crippen molar-refractivity contribution in [3.05, 3.63) is 28.2 Å². The number of benzene rings is 1. The van der Waals surface area contributed by atoms with Crippen molar-refractivity contribution >= 4 is 21.9 Å². The maximum atomic E-state index is 14.0. The van der Waals surface area contributed by atoms with E-state index in [9.17, 15) is 13.6 Å². The summed E-state index contributed by atoms with van der Waals surface area (Å²) in [6.45, 7) is 2.13. The molecule has 1 rings (SSSR count). The topological polar surface area (TPSA) is 46.5 Å². The van der Waals surface area contributed by atoms with E-state index >= 15 is 0 Å². The van der Waals surface area contributed by atoms with Crippen molar-refractivity contribution in [1.29, 1.82) is 0 Å². The lowest BCUT2D eigenvalue weighted by atomic mass is 9.97. The number of hydrogen-bond acceptors (Lipinski definition) is 2. The van der Waals surface area contributed by atoms with Gasteiger partial charge in [0.1, 0.15) is 5.75 Å². The predicted octanol–water partition coefficient (Wildman–Crippen LogP) is 3.66. The monoisotopic (exact) mass is 322 g/mol. The summed E-state index contributed by atoms with van der Waals surface area (Å²) in [6.07, 6.45) is 0. The lowest BCUT2D eigenvalue weighted by molar-refractivity contribution is -0.139. The molecule has 0 radical (unpaired) electrons. The first-order chi connectivity index (χ1) is 8.25. The van der Waals surface area contributed by atoms with Crippen LogP contribution in [0.15, 0.2) is 22.7 Å². The second-order valence-corrected chi connectivity index (χ2v) is 5.02. The van der Waals surface area contributed by atoms with Crippen molar-refractivity contribution in [2.24, 2.45) is 5.92 Å². The Morgan fingerprint density at radius 1 is 1.50 bits per heavy atom. The molecule has 3 nitrogen and oxygen atoms in total. The summed E-state index contributed by atoms with van der Waals surface area (Å²) < 4.78 is 33.4. The van der Waals surface area contributed by atoms with Crippen molar-refractivity contribution < 1.29 is 23.4 Å². The molecule has 0 amide bonds. The molecule has 0 atom stereocenters. The molecular weight excluding hydrogens is 310 g/mol. The molecule has 0 bridgehead atoms. The zero-order valence-electron chi connectivity index (χ0n) is 9.91. The molecule has 0 aromatic heterocycles. The van der Waals surface area contributed by atoms with Crippen LogP contribution in [0.1, 0.15) is 19.4 Å². The molecule has 0 unspecified atom stereocenters. The molecular formula is C12H13BrF2O3. The molecule has 100 valence electrons. The molecule has 0 fully saturated rings. The van der Waals surface area contributed by atoms with Crippen LogP contribution in [0.2, 0.25) is 0 Å². The van der Waals surface area contributed by atoms with Crippen molar-refractivity contribution in [2.75, 3.05) is 6.61 Å². The zero-order valence-corrected chi connectivity index (χ0v) is 11.5. The number of aliphatic carboxylic acids is 1. The Labute approximate surface area is 112 Å². The Bertz CT molecular complexity index is 447. The van der Waals surface area contributed by atoms with Crippen LogP contribution < -0.4 is 4.74 Å². The van der Waals surface area contributed by atoms with E-state index in [-0.39, 0.29) is 11.3 Å². The number of carboxylic acids is 1. The van der Waals surface area contributed by atoms with E-state index in [1.165, 1.54) is 32.0 Å². The highest BCUT2D eigenvalue weighted by Crippen LogP contribution is 2.41. The van der Waals surface area contributed by atoms with E-state index in [4.69, 9.17) is 9.84 Å². The van der Waals surface area contributed by atoms with Gasteiger partial charge in [0.05, 0.1) is 5.56 Å². The second kappa shape index (κ2) is 5.65. The number of carbonyl (C=O) groups is 1. The fraction of sp³-hybridized carbons (Fsp3) is 0.417. The van der Waals surface area contributed by atoms with Gasteiger partial charge < -0.3 is 9.84 Å². The highest BCUT2D eigenvalue weighted by atomic mass is 79.9. The van der Waals surface area contributed by atoms with Gasteiger partial charge in [-0.2, -0.15) is 0 Å². The van der Waals surface area contributed by atoms with E-state index in [0.717, 1.165) is 0 Å². The van der Waals surface area contributed by atoms with Crippen molar-refractivity contribution in [3.63, 3.8) is 0 Å². The number of halogens is 3. The number of alkyl halides is 2. The average molecular weight is 323 g/mol. The van der Waals surface area contributed by atoms with Crippen molar-refractivity contribution in [2.45, 2.75) is 19.8 Å². The summed E-state index contributed by atoms with van der Waals surface area (Å²) in [5, 5.41) is 8.51. The Hall–Kier alpha value is -1.17. The predicted molar refractivity (Wildman–Crippen MR) is 66.0 cm³/mol. The molecule has 0 spiro atoms. The summed E-state index contributed by atoms with van der Waals surface area (Å²) in [5.74, 6) is -5.33. The first-order valence-corrected chi connectivity index (χ1v) is 6.07. The summed E-state index contributed by atoms with van der Waals surface area (Å²) in [7, 11) is 0. The summed E-state index contributed by atoms with van der Waals surface area (Å²) in [5.41, 5.74) is -0.312. The minimum Gasteiger partial charge on any atom is -0.481 e. The van der Waals surface area contributed by atoms with Crippen LogP contribution in [0.5, 0.6) is 5.75 Å². The molecule has 0 heterocycles. The van der Waals surface area contributed by atoms with E-state index in [1.54, 1.807) is 0 Å². The third-order valence-corrected chi connectivity index (χ3v) is 2.87. The smallest absolute Gasteiger partial charge is 0.341 e. The molecule has 0 aliphatic heterocycles. The molecule has 6 heteroatoms. The van der Waals surface area contributed by atoms with Crippen LogP contribution in [0.25, 0.3) is 0 Å². The molecule has 0 saturated carbocycles. The Morgan fingerprint density at radius 3 is 2.61 bits per heavy atom. The maximum absolute atomic E-state index is 14.0. The van der Waals surface area contributed by atoms with E-state index < -0.39 is 24.4 Å². The maximum Gasteiger partial charge on any atom is 0.341 e. The van der Waals surface area contributed by atoms with Crippen molar-refractivity contribution in [3.8, 4) is 5.75 Å². The van der Waals surface area contributed by atoms with Crippen LogP contribution in [-0.2, 0) is 10.7 Å². The van der Waals surface area contributed by atoms with E-state index in [1.807, 2.05) is 0 Å². The Balaban J connectivity index is 3.15. The summed E-state index contributed by atoms with van der Waals surface area (Å²) >= 11 is 3.11. The quantitative estimate of drug-likeness (QED) is 0.899. The number of carboxylic acid groups (broad SMARTS) is 1. The van der Waals surface area contributed by atoms with Gasteiger partial charge >= 0.3 is 5.97 Å². The second-order valence-electron chi connectivity index (χ2n) is 4.10. The minimum absolute atomic E-state index is 0.112. The van der Waals surface area contributed by atoms with Crippen LogP contribution in [0.3, 0.4) is 0 Å². The Morgan fingerprint density at radius 2 is 2.11 bits per heavy atom. The number of ether oxygens (including phenoxy) is 1. The van der Waals surface area contributed by atoms with Gasteiger partial charge in [-0.25, -0.2) is 13.6 Å². The largest absolute Gasteiger partial charge is 0.481 e. The molecule has 1 N–H and O–H groups in total. The molecule has 0 aliphatic rings. The third-order valence-electron chi connectivity index (χ3n) is 2.38. The first kappa shape index (κ1) is 14.9. The molecule has 1 aromatic carbocycles. The number of rotatable bonds is 5. The van der Waals surface area contributed by atoms with Crippen molar-refractivity contribution in [1.82, 2.24) is 0 Å². The van der Waals surface area contributed by atoms with Gasteiger partial charge in [-0.1, -0.05) is 29.8 Å². The van der Waals surface area contributed by atoms with E-state index in [2.05, 4.69) is 15.9 Å². The SMILES string of the molecule is CC(C)C(F)(F)c1cc(Br)ccc1OCC(=O)O. The Kier molecular flexibility index (Phi) is 4.67.